The molecule has 0 saturated heterocycles. The van der Waals surface area contributed by atoms with Crippen LogP contribution in [0.1, 0.15) is 27.8 Å². The first-order valence-corrected chi connectivity index (χ1v) is 8.04. The highest BCUT2D eigenvalue weighted by molar-refractivity contribution is 5.58. The Morgan fingerprint density at radius 1 is 0.630 bits per heavy atom. The van der Waals surface area contributed by atoms with E-state index in [0.29, 0.717) is 27.8 Å². The average Bonchev–Trinajstić information content (AvgIpc) is 2.71. The van der Waals surface area contributed by atoms with Crippen LogP contribution < -0.4 is 0 Å². The van der Waals surface area contributed by atoms with Crippen LogP contribution in [0.5, 0.6) is 0 Å². The molecule has 4 nitrogen and oxygen atoms in total. The Kier molecular flexibility index (Phi) is 5.29. The average molecular weight is 348 g/mol. The van der Waals surface area contributed by atoms with E-state index >= 15 is 0 Å². The van der Waals surface area contributed by atoms with Crippen LogP contribution in [0.25, 0.3) is 0 Å². The summed E-state index contributed by atoms with van der Waals surface area (Å²) in [7, 11) is 0. The van der Waals surface area contributed by atoms with Crippen molar-refractivity contribution in [2.24, 2.45) is 0 Å². The van der Waals surface area contributed by atoms with Crippen LogP contribution in [0, 0.1) is 45.1 Å². The lowest BCUT2D eigenvalue weighted by atomic mass is 10.1. The van der Waals surface area contributed by atoms with Crippen molar-refractivity contribution in [2.75, 3.05) is 0 Å². The van der Waals surface area contributed by atoms with Gasteiger partial charge in [-0.25, -0.2) is 0 Å². The second kappa shape index (κ2) is 8.17. The number of nitro groups is 1. The minimum atomic E-state index is -0.450. The van der Waals surface area contributed by atoms with Gasteiger partial charge in [0.05, 0.1) is 10.5 Å². The molecule has 0 spiro atoms. The van der Waals surface area contributed by atoms with Crippen molar-refractivity contribution in [3.05, 3.63) is 111 Å². The number of rotatable bonds is 1. The van der Waals surface area contributed by atoms with Gasteiger partial charge in [-0.15, -0.1) is 0 Å². The van der Waals surface area contributed by atoms with Crippen LogP contribution in [0.3, 0.4) is 0 Å². The van der Waals surface area contributed by atoms with Crippen LogP contribution in [-0.2, 0) is 0 Å². The Morgan fingerprint density at radius 3 is 1.48 bits per heavy atom. The highest BCUT2D eigenvalue weighted by atomic mass is 16.6. The van der Waals surface area contributed by atoms with Crippen molar-refractivity contribution in [1.29, 1.82) is 5.26 Å². The third-order valence-electron chi connectivity index (χ3n) is 3.74. The van der Waals surface area contributed by atoms with Crippen LogP contribution in [0.15, 0.2) is 72.8 Å². The van der Waals surface area contributed by atoms with E-state index in [-0.39, 0.29) is 5.69 Å². The van der Waals surface area contributed by atoms with E-state index in [9.17, 15) is 10.1 Å². The Bertz CT molecular complexity index is 1180. The van der Waals surface area contributed by atoms with Crippen molar-refractivity contribution < 1.29 is 4.92 Å². The van der Waals surface area contributed by atoms with E-state index in [2.05, 4.69) is 29.8 Å². The molecule has 0 aromatic heterocycles. The summed E-state index contributed by atoms with van der Waals surface area (Å²) in [6, 6.07) is 22.9. The summed E-state index contributed by atoms with van der Waals surface area (Å²) in [5.74, 6) is 11.9. The lowest BCUT2D eigenvalue weighted by molar-refractivity contribution is -0.385. The molecule has 0 amide bonds. The number of benzene rings is 3. The number of para-hydroxylation sites is 1. The van der Waals surface area contributed by atoms with E-state index in [1.54, 1.807) is 36.4 Å². The number of nitriles is 1. The first kappa shape index (κ1) is 17.5. The number of hydrogen-bond acceptors (Lipinski definition) is 3. The smallest absolute Gasteiger partial charge is 0.258 e. The fourth-order valence-electron chi connectivity index (χ4n) is 2.40. The molecular formula is C23H12N2O2. The molecule has 0 bridgehead atoms. The molecule has 4 heteroatoms. The van der Waals surface area contributed by atoms with E-state index in [4.69, 9.17) is 5.26 Å². The molecule has 126 valence electrons. The van der Waals surface area contributed by atoms with Crippen LogP contribution >= 0.6 is 0 Å². The largest absolute Gasteiger partial charge is 0.284 e. The molecule has 0 radical (unpaired) electrons. The SMILES string of the molecule is N#Cc1ccccc1C#Cc1ccccc1C#Cc1ccccc1[N+](=O)[O-]. The van der Waals surface area contributed by atoms with E-state index < -0.39 is 4.92 Å². The van der Waals surface area contributed by atoms with Crippen LogP contribution in [-0.4, -0.2) is 4.92 Å². The second-order valence-corrected chi connectivity index (χ2v) is 5.48. The molecule has 0 atom stereocenters. The number of nitro benzene ring substituents is 1. The third-order valence-corrected chi connectivity index (χ3v) is 3.74. The Balaban J connectivity index is 2.00. The van der Waals surface area contributed by atoms with Crippen molar-refractivity contribution in [2.45, 2.75) is 0 Å². The minimum Gasteiger partial charge on any atom is -0.258 e. The molecule has 3 aromatic rings. The molecule has 0 saturated carbocycles. The highest BCUT2D eigenvalue weighted by Crippen LogP contribution is 2.16. The van der Waals surface area contributed by atoms with E-state index in [1.807, 2.05) is 30.3 Å². The maximum Gasteiger partial charge on any atom is 0.284 e. The van der Waals surface area contributed by atoms with Crippen molar-refractivity contribution in [3.63, 3.8) is 0 Å². The van der Waals surface area contributed by atoms with Crippen molar-refractivity contribution in [1.82, 2.24) is 0 Å². The van der Waals surface area contributed by atoms with Crippen molar-refractivity contribution >= 4 is 5.69 Å². The zero-order chi connectivity index (χ0) is 19.1. The van der Waals surface area contributed by atoms with Gasteiger partial charge in [-0.1, -0.05) is 60.1 Å². The molecule has 0 N–H and O–H groups in total. The van der Waals surface area contributed by atoms with Gasteiger partial charge in [-0.05, 0) is 30.3 Å². The zero-order valence-electron chi connectivity index (χ0n) is 14.1. The standard InChI is InChI=1S/C23H12N2O2/c24-17-22-11-4-3-9-20(22)14-13-18-7-1-2-8-19(18)15-16-21-10-5-6-12-23(21)25(26)27/h1-12H. The first-order chi connectivity index (χ1) is 13.2. The molecule has 0 heterocycles. The predicted molar refractivity (Wildman–Crippen MR) is 103 cm³/mol. The minimum absolute atomic E-state index is 0.0310. The van der Waals surface area contributed by atoms with Crippen LogP contribution in [0.2, 0.25) is 0 Å². The number of hydrogen-bond donors (Lipinski definition) is 0. The van der Waals surface area contributed by atoms with E-state index in [1.165, 1.54) is 6.07 Å². The normalized spacial score (nSPS) is 9.15. The maximum absolute atomic E-state index is 11.1. The molecule has 0 aliphatic rings. The fraction of sp³-hybridized carbons (Fsp3) is 0. The monoisotopic (exact) mass is 348 g/mol. The lowest BCUT2D eigenvalue weighted by Crippen LogP contribution is -1.91. The van der Waals surface area contributed by atoms with E-state index in [0.717, 1.165) is 0 Å². The molecule has 3 aromatic carbocycles. The Morgan fingerprint density at radius 2 is 1.00 bits per heavy atom. The molecular weight excluding hydrogens is 336 g/mol. The molecule has 0 unspecified atom stereocenters. The van der Waals surface area contributed by atoms with Gasteiger partial charge < -0.3 is 0 Å². The fourth-order valence-corrected chi connectivity index (χ4v) is 2.40. The third kappa shape index (κ3) is 4.20. The lowest BCUT2D eigenvalue weighted by Gasteiger charge is -1.97. The number of nitrogens with zero attached hydrogens (tertiary/aromatic N) is 2. The molecule has 0 aliphatic heterocycles. The summed E-state index contributed by atoms with van der Waals surface area (Å²) in [5, 5.41) is 20.3. The maximum atomic E-state index is 11.1. The van der Waals surface area contributed by atoms with Gasteiger partial charge in [0.2, 0.25) is 0 Å². The highest BCUT2D eigenvalue weighted by Gasteiger charge is 2.09. The zero-order valence-corrected chi connectivity index (χ0v) is 14.1. The summed E-state index contributed by atoms with van der Waals surface area (Å²) in [6.07, 6.45) is 0. The predicted octanol–water partition coefficient (Wildman–Crippen LogP) is 4.27. The molecule has 0 aliphatic carbocycles. The molecule has 3 rings (SSSR count). The summed E-state index contributed by atoms with van der Waals surface area (Å²) in [6.45, 7) is 0. The van der Waals surface area contributed by atoms with Gasteiger partial charge in [-0.2, -0.15) is 5.26 Å². The van der Waals surface area contributed by atoms with Gasteiger partial charge in [0.25, 0.3) is 5.69 Å². The summed E-state index contributed by atoms with van der Waals surface area (Å²) in [4.78, 5) is 10.7. The van der Waals surface area contributed by atoms with Crippen LogP contribution in [0.4, 0.5) is 5.69 Å². The molecule has 0 fully saturated rings. The van der Waals surface area contributed by atoms with Gasteiger partial charge in [0, 0.05) is 22.8 Å². The topological polar surface area (TPSA) is 66.9 Å². The van der Waals surface area contributed by atoms with Gasteiger partial charge in [0.15, 0.2) is 0 Å². The summed E-state index contributed by atoms with van der Waals surface area (Å²) in [5.41, 5.74) is 2.82. The van der Waals surface area contributed by atoms with Gasteiger partial charge in [-0.3, -0.25) is 10.1 Å². The van der Waals surface area contributed by atoms with Gasteiger partial charge in [0.1, 0.15) is 11.6 Å². The van der Waals surface area contributed by atoms with Crippen molar-refractivity contribution in [3.8, 4) is 29.8 Å². The summed E-state index contributed by atoms with van der Waals surface area (Å²) < 4.78 is 0. The Hall–Kier alpha value is -4.33. The first-order valence-electron chi connectivity index (χ1n) is 8.04. The Labute approximate surface area is 156 Å². The molecule has 27 heavy (non-hydrogen) atoms. The summed E-state index contributed by atoms with van der Waals surface area (Å²) >= 11 is 0. The quantitative estimate of drug-likeness (QED) is 0.375. The van der Waals surface area contributed by atoms with Gasteiger partial charge >= 0.3 is 0 Å². The second-order valence-electron chi connectivity index (χ2n) is 5.48.